The molecule has 1 aromatic heterocycles. The number of anilines is 1. The summed E-state index contributed by atoms with van der Waals surface area (Å²) in [6.07, 6.45) is 1.55. The van der Waals surface area contributed by atoms with Crippen molar-refractivity contribution < 1.29 is 13.9 Å². The van der Waals surface area contributed by atoms with E-state index >= 15 is 0 Å². The third-order valence-electron chi connectivity index (χ3n) is 3.31. The average molecular weight is 333 g/mol. The number of aromatic nitrogens is 1. The molecule has 0 radical (unpaired) electrons. The lowest BCUT2D eigenvalue weighted by Crippen LogP contribution is -2.01. The van der Waals surface area contributed by atoms with Gasteiger partial charge in [0.25, 0.3) is 0 Å². The predicted molar refractivity (Wildman–Crippen MR) is 86.6 cm³/mol. The summed E-state index contributed by atoms with van der Waals surface area (Å²) in [5.41, 5.74) is 2.07. The van der Waals surface area contributed by atoms with Crippen molar-refractivity contribution in [3.63, 3.8) is 0 Å². The number of aliphatic hydroxyl groups excluding tert-OH is 1. The van der Waals surface area contributed by atoms with E-state index in [1.54, 1.807) is 36.5 Å². The highest BCUT2D eigenvalue weighted by atomic mass is 35.5. The van der Waals surface area contributed by atoms with Crippen LogP contribution in [0.15, 0.2) is 53.1 Å². The minimum atomic E-state index is -0.328. The van der Waals surface area contributed by atoms with Gasteiger partial charge in [0, 0.05) is 5.56 Å². The van der Waals surface area contributed by atoms with E-state index in [0.29, 0.717) is 34.5 Å². The topological polar surface area (TPSA) is 58.3 Å². The van der Waals surface area contributed by atoms with E-state index in [4.69, 9.17) is 21.1 Å². The number of hydrogen-bond acceptors (Lipinski definition) is 4. The Labute approximate surface area is 137 Å². The van der Waals surface area contributed by atoms with Gasteiger partial charge in [-0.25, -0.2) is 9.37 Å². The summed E-state index contributed by atoms with van der Waals surface area (Å²) in [6, 6.07) is 11.4. The summed E-state index contributed by atoms with van der Waals surface area (Å²) in [4.78, 5) is 4.17. The number of benzene rings is 2. The van der Waals surface area contributed by atoms with E-state index in [1.165, 1.54) is 12.1 Å². The number of nitrogens with one attached hydrogen (secondary N) is 1. The first-order valence-corrected chi connectivity index (χ1v) is 7.37. The summed E-state index contributed by atoms with van der Waals surface area (Å²) in [5.74, 6) is 0.623. The van der Waals surface area contributed by atoms with Crippen LogP contribution in [0.1, 0.15) is 11.5 Å². The molecule has 0 spiro atoms. The first kappa shape index (κ1) is 15.5. The molecule has 0 aliphatic carbocycles. The maximum absolute atomic E-state index is 13.2. The molecule has 1 heterocycles. The number of nitrogens with zero attached hydrogens (tertiary/aromatic N) is 1. The molecule has 2 N–H and O–H groups in total. The smallest absolute Gasteiger partial charge is 0.214 e. The molecule has 0 atom stereocenters. The second-order valence-electron chi connectivity index (χ2n) is 4.95. The Morgan fingerprint density at radius 2 is 2.09 bits per heavy atom. The number of aliphatic hydroxyl groups is 1. The maximum Gasteiger partial charge on any atom is 0.214 e. The number of halogens is 2. The Hall–Kier alpha value is -2.37. The van der Waals surface area contributed by atoms with Crippen LogP contribution in [-0.2, 0) is 13.2 Å². The molecule has 0 amide bonds. The van der Waals surface area contributed by atoms with E-state index in [2.05, 4.69) is 10.3 Å². The van der Waals surface area contributed by atoms with E-state index < -0.39 is 0 Å². The minimum absolute atomic E-state index is 0.0609. The zero-order valence-electron chi connectivity index (χ0n) is 12.1. The van der Waals surface area contributed by atoms with Gasteiger partial charge < -0.3 is 14.8 Å². The van der Waals surface area contributed by atoms with Gasteiger partial charge in [0.2, 0.25) is 5.89 Å². The first-order valence-electron chi connectivity index (χ1n) is 6.99. The molecule has 2 aromatic carbocycles. The summed E-state index contributed by atoms with van der Waals surface area (Å²) in [7, 11) is 0. The first-order chi connectivity index (χ1) is 11.2. The monoisotopic (exact) mass is 332 g/mol. The molecule has 0 saturated heterocycles. The molecule has 0 fully saturated rings. The third kappa shape index (κ3) is 3.70. The largest absolute Gasteiger partial charge is 0.439 e. The molecule has 3 rings (SSSR count). The lowest BCUT2D eigenvalue weighted by molar-refractivity contribution is 0.282. The van der Waals surface area contributed by atoms with Crippen molar-refractivity contribution in [3.05, 3.63) is 71.0 Å². The van der Waals surface area contributed by atoms with Crippen molar-refractivity contribution >= 4 is 17.3 Å². The molecule has 4 nitrogen and oxygen atoms in total. The molecule has 23 heavy (non-hydrogen) atoms. The summed E-state index contributed by atoms with van der Waals surface area (Å²) >= 11 is 6.10. The van der Waals surface area contributed by atoms with Crippen molar-refractivity contribution in [2.75, 3.05) is 5.32 Å². The van der Waals surface area contributed by atoms with E-state index in [1.807, 2.05) is 0 Å². The second-order valence-corrected chi connectivity index (χ2v) is 5.36. The maximum atomic E-state index is 13.2. The standard InChI is InChI=1S/C17H14ClFN2O2/c18-14-5-4-11(10-22)6-15(14)20-9-17-21-8-16(23-17)12-2-1-3-13(19)7-12/h1-8,20,22H,9-10H2. The van der Waals surface area contributed by atoms with Crippen LogP contribution in [0.25, 0.3) is 11.3 Å². The van der Waals surface area contributed by atoms with Crippen molar-refractivity contribution in [3.8, 4) is 11.3 Å². The van der Waals surface area contributed by atoms with Crippen molar-refractivity contribution in [2.45, 2.75) is 13.2 Å². The van der Waals surface area contributed by atoms with E-state index in [0.717, 1.165) is 5.56 Å². The van der Waals surface area contributed by atoms with Crippen LogP contribution >= 0.6 is 11.6 Å². The van der Waals surface area contributed by atoms with Crippen LogP contribution in [0.4, 0.5) is 10.1 Å². The zero-order chi connectivity index (χ0) is 16.2. The van der Waals surface area contributed by atoms with Gasteiger partial charge in [-0.15, -0.1) is 0 Å². The molecular formula is C17H14ClFN2O2. The SMILES string of the molecule is OCc1ccc(Cl)c(NCc2ncc(-c3cccc(F)c3)o2)c1. The fraction of sp³-hybridized carbons (Fsp3) is 0.118. The van der Waals surface area contributed by atoms with Crippen LogP contribution in [0.5, 0.6) is 0 Å². The van der Waals surface area contributed by atoms with E-state index in [9.17, 15) is 4.39 Å². The van der Waals surface area contributed by atoms with Gasteiger partial charge in [0.15, 0.2) is 5.76 Å². The molecule has 6 heteroatoms. The van der Waals surface area contributed by atoms with Gasteiger partial charge in [0.05, 0.1) is 30.1 Å². The number of hydrogen-bond donors (Lipinski definition) is 2. The molecule has 0 aliphatic heterocycles. The van der Waals surface area contributed by atoms with Crippen molar-refractivity contribution in [1.29, 1.82) is 0 Å². The van der Waals surface area contributed by atoms with Gasteiger partial charge >= 0.3 is 0 Å². The van der Waals surface area contributed by atoms with E-state index in [-0.39, 0.29) is 12.4 Å². The predicted octanol–water partition coefficient (Wildman–Crippen LogP) is 4.24. The third-order valence-corrected chi connectivity index (χ3v) is 3.64. The van der Waals surface area contributed by atoms with Crippen LogP contribution < -0.4 is 5.32 Å². The van der Waals surface area contributed by atoms with Gasteiger partial charge in [-0.2, -0.15) is 0 Å². The average Bonchev–Trinajstić information content (AvgIpc) is 3.03. The summed E-state index contributed by atoms with van der Waals surface area (Å²) < 4.78 is 18.8. The molecule has 0 unspecified atom stereocenters. The second kappa shape index (κ2) is 6.81. The van der Waals surface area contributed by atoms with Crippen molar-refractivity contribution in [1.82, 2.24) is 4.98 Å². The molecule has 3 aromatic rings. The quantitative estimate of drug-likeness (QED) is 0.733. The Kier molecular flexibility index (Phi) is 4.60. The zero-order valence-corrected chi connectivity index (χ0v) is 12.8. The highest BCUT2D eigenvalue weighted by Crippen LogP contribution is 2.25. The summed E-state index contributed by atoms with van der Waals surface area (Å²) in [5, 5.41) is 12.8. The lowest BCUT2D eigenvalue weighted by Gasteiger charge is -2.08. The Morgan fingerprint density at radius 3 is 2.87 bits per heavy atom. The molecular weight excluding hydrogens is 319 g/mol. The minimum Gasteiger partial charge on any atom is -0.439 e. The van der Waals surface area contributed by atoms with Crippen LogP contribution in [0, 0.1) is 5.82 Å². The molecule has 0 bridgehead atoms. The number of rotatable bonds is 5. The van der Waals surface area contributed by atoms with Crippen LogP contribution in [0.3, 0.4) is 0 Å². The van der Waals surface area contributed by atoms with Crippen molar-refractivity contribution in [2.24, 2.45) is 0 Å². The van der Waals surface area contributed by atoms with Crippen LogP contribution in [0.2, 0.25) is 5.02 Å². The fourth-order valence-corrected chi connectivity index (χ4v) is 2.33. The molecule has 118 valence electrons. The molecule has 0 aliphatic rings. The van der Waals surface area contributed by atoms with Gasteiger partial charge in [-0.1, -0.05) is 29.8 Å². The Balaban J connectivity index is 1.73. The van der Waals surface area contributed by atoms with Crippen LogP contribution in [-0.4, -0.2) is 10.1 Å². The highest BCUT2D eigenvalue weighted by molar-refractivity contribution is 6.33. The Bertz CT molecular complexity index is 820. The summed E-state index contributed by atoms with van der Waals surface area (Å²) in [6.45, 7) is 0.262. The molecule has 0 saturated carbocycles. The van der Waals surface area contributed by atoms with Gasteiger partial charge in [-0.3, -0.25) is 0 Å². The van der Waals surface area contributed by atoms with Gasteiger partial charge in [-0.05, 0) is 29.8 Å². The fourth-order valence-electron chi connectivity index (χ4n) is 2.14. The lowest BCUT2D eigenvalue weighted by atomic mass is 10.2. The normalized spacial score (nSPS) is 10.7. The Morgan fingerprint density at radius 1 is 1.22 bits per heavy atom. The van der Waals surface area contributed by atoms with Gasteiger partial charge in [0.1, 0.15) is 5.82 Å². The highest BCUT2D eigenvalue weighted by Gasteiger charge is 2.08. The number of oxazole rings is 1.